The van der Waals surface area contributed by atoms with Crippen LogP contribution in [0.5, 0.6) is 5.75 Å². The molecule has 1 rings (SSSR count). The van der Waals surface area contributed by atoms with Crippen LogP contribution in [0.4, 0.5) is 5.69 Å². The first-order valence-corrected chi connectivity index (χ1v) is 5.81. The fraction of sp³-hybridized carbons (Fsp3) is 0.538. The first-order valence-electron chi connectivity index (χ1n) is 5.81. The summed E-state index contributed by atoms with van der Waals surface area (Å²) in [7, 11) is 1.70. The molecular formula is C13H22N2O. The van der Waals surface area contributed by atoms with Gasteiger partial charge < -0.3 is 15.8 Å². The molecule has 3 N–H and O–H groups in total. The average Bonchev–Trinajstić information content (AvgIpc) is 2.29. The normalized spacial score (nSPS) is 10.6. The standard InChI is InChI=1S/C13H22N2O/c1-10(2)11-5-6-12(13(9-11)16-3)15-8-4-7-14/h5-6,9-10,15H,4,7-8,14H2,1-3H3. The van der Waals surface area contributed by atoms with Crippen LogP contribution in [0.1, 0.15) is 31.7 Å². The zero-order chi connectivity index (χ0) is 12.0. The van der Waals surface area contributed by atoms with E-state index in [2.05, 4.69) is 37.4 Å². The Morgan fingerprint density at radius 2 is 2.12 bits per heavy atom. The van der Waals surface area contributed by atoms with Crippen molar-refractivity contribution in [3.8, 4) is 5.75 Å². The molecule has 0 radical (unpaired) electrons. The minimum Gasteiger partial charge on any atom is -0.495 e. The summed E-state index contributed by atoms with van der Waals surface area (Å²) >= 11 is 0. The SMILES string of the molecule is COc1cc(C(C)C)ccc1NCCCN. The third kappa shape index (κ3) is 3.42. The van der Waals surface area contributed by atoms with Gasteiger partial charge in [-0.15, -0.1) is 0 Å². The van der Waals surface area contributed by atoms with Gasteiger partial charge in [0.1, 0.15) is 5.75 Å². The van der Waals surface area contributed by atoms with Crippen molar-refractivity contribution in [3.05, 3.63) is 23.8 Å². The van der Waals surface area contributed by atoms with Crippen LogP contribution in [0.3, 0.4) is 0 Å². The zero-order valence-corrected chi connectivity index (χ0v) is 10.4. The van der Waals surface area contributed by atoms with Crippen molar-refractivity contribution in [2.75, 3.05) is 25.5 Å². The van der Waals surface area contributed by atoms with E-state index >= 15 is 0 Å². The maximum atomic E-state index is 5.46. The molecule has 3 nitrogen and oxygen atoms in total. The molecule has 0 heterocycles. The van der Waals surface area contributed by atoms with Gasteiger partial charge in [-0.2, -0.15) is 0 Å². The Morgan fingerprint density at radius 3 is 2.69 bits per heavy atom. The Labute approximate surface area is 98.0 Å². The lowest BCUT2D eigenvalue weighted by Crippen LogP contribution is -2.09. The molecule has 0 saturated heterocycles. The maximum Gasteiger partial charge on any atom is 0.142 e. The lowest BCUT2D eigenvalue weighted by atomic mass is 10.0. The molecule has 0 saturated carbocycles. The van der Waals surface area contributed by atoms with E-state index in [1.807, 2.05) is 0 Å². The van der Waals surface area contributed by atoms with Crippen molar-refractivity contribution in [1.82, 2.24) is 0 Å². The summed E-state index contributed by atoms with van der Waals surface area (Å²) in [5.41, 5.74) is 7.79. The number of hydrogen-bond acceptors (Lipinski definition) is 3. The summed E-state index contributed by atoms with van der Waals surface area (Å²) in [4.78, 5) is 0. The molecule has 0 aliphatic heterocycles. The fourth-order valence-electron chi connectivity index (χ4n) is 1.54. The highest BCUT2D eigenvalue weighted by Crippen LogP contribution is 2.28. The third-order valence-corrected chi connectivity index (χ3v) is 2.59. The topological polar surface area (TPSA) is 47.3 Å². The molecule has 0 aliphatic rings. The Morgan fingerprint density at radius 1 is 1.38 bits per heavy atom. The maximum absolute atomic E-state index is 5.46. The molecular weight excluding hydrogens is 200 g/mol. The van der Waals surface area contributed by atoms with Crippen LogP contribution in [0.2, 0.25) is 0 Å². The Balaban J connectivity index is 2.76. The summed E-state index contributed by atoms with van der Waals surface area (Å²) in [5, 5.41) is 3.33. The van der Waals surface area contributed by atoms with E-state index < -0.39 is 0 Å². The second kappa shape index (κ2) is 6.38. The van der Waals surface area contributed by atoms with Gasteiger partial charge in [-0.05, 0) is 36.6 Å². The summed E-state index contributed by atoms with van der Waals surface area (Å²) in [6.07, 6.45) is 0.967. The number of anilines is 1. The van der Waals surface area contributed by atoms with E-state index in [4.69, 9.17) is 10.5 Å². The fourth-order valence-corrected chi connectivity index (χ4v) is 1.54. The summed E-state index contributed by atoms with van der Waals surface area (Å²) in [6.45, 7) is 5.94. The molecule has 1 aromatic carbocycles. The largest absolute Gasteiger partial charge is 0.495 e. The van der Waals surface area contributed by atoms with Crippen molar-refractivity contribution in [2.45, 2.75) is 26.2 Å². The molecule has 0 fully saturated rings. The van der Waals surface area contributed by atoms with Crippen molar-refractivity contribution in [2.24, 2.45) is 5.73 Å². The van der Waals surface area contributed by atoms with E-state index in [0.29, 0.717) is 12.5 Å². The first-order chi connectivity index (χ1) is 7.69. The smallest absolute Gasteiger partial charge is 0.142 e. The highest BCUT2D eigenvalue weighted by molar-refractivity contribution is 5.58. The van der Waals surface area contributed by atoms with Crippen LogP contribution in [0.15, 0.2) is 18.2 Å². The predicted octanol–water partition coefficient (Wildman–Crippen LogP) is 2.58. The van der Waals surface area contributed by atoms with Crippen molar-refractivity contribution in [3.63, 3.8) is 0 Å². The van der Waals surface area contributed by atoms with Crippen LogP contribution in [0, 0.1) is 0 Å². The van der Waals surface area contributed by atoms with Gasteiger partial charge in [-0.1, -0.05) is 19.9 Å². The second-order valence-electron chi connectivity index (χ2n) is 4.18. The van der Waals surface area contributed by atoms with Gasteiger partial charge in [0.15, 0.2) is 0 Å². The number of methoxy groups -OCH3 is 1. The first kappa shape index (κ1) is 12.8. The van der Waals surface area contributed by atoms with E-state index in [9.17, 15) is 0 Å². The molecule has 0 atom stereocenters. The van der Waals surface area contributed by atoms with Crippen molar-refractivity contribution >= 4 is 5.69 Å². The van der Waals surface area contributed by atoms with Gasteiger partial charge in [-0.25, -0.2) is 0 Å². The molecule has 16 heavy (non-hydrogen) atoms. The van der Waals surface area contributed by atoms with Gasteiger partial charge in [-0.3, -0.25) is 0 Å². The summed E-state index contributed by atoms with van der Waals surface area (Å²) in [6, 6.07) is 6.30. The molecule has 0 amide bonds. The van der Waals surface area contributed by atoms with Crippen LogP contribution in [-0.4, -0.2) is 20.2 Å². The minimum atomic E-state index is 0.520. The number of rotatable bonds is 6. The Kier molecular flexibility index (Phi) is 5.12. The predicted molar refractivity (Wildman–Crippen MR) is 69.2 cm³/mol. The van der Waals surface area contributed by atoms with Crippen molar-refractivity contribution < 1.29 is 4.74 Å². The number of ether oxygens (including phenoxy) is 1. The number of benzene rings is 1. The van der Waals surface area contributed by atoms with E-state index in [0.717, 1.165) is 24.4 Å². The monoisotopic (exact) mass is 222 g/mol. The Bertz CT molecular complexity index is 324. The van der Waals surface area contributed by atoms with Crippen LogP contribution >= 0.6 is 0 Å². The number of hydrogen-bond donors (Lipinski definition) is 2. The van der Waals surface area contributed by atoms with Crippen molar-refractivity contribution in [1.29, 1.82) is 0 Å². The van der Waals surface area contributed by atoms with Crippen LogP contribution in [-0.2, 0) is 0 Å². The Hall–Kier alpha value is -1.22. The second-order valence-corrected chi connectivity index (χ2v) is 4.18. The van der Waals surface area contributed by atoms with Gasteiger partial charge in [0.25, 0.3) is 0 Å². The highest BCUT2D eigenvalue weighted by Gasteiger charge is 2.05. The van der Waals surface area contributed by atoms with Gasteiger partial charge in [0, 0.05) is 6.54 Å². The van der Waals surface area contributed by atoms with Gasteiger partial charge in [0.2, 0.25) is 0 Å². The lowest BCUT2D eigenvalue weighted by Gasteiger charge is -2.13. The molecule has 90 valence electrons. The molecule has 0 spiro atoms. The van der Waals surface area contributed by atoms with Crippen LogP contribution < -0.4 is 15.8 Å². The molecule has 0 unspecified atom stereocenters. The van der Waals surface area contributed by atoms with Gasteiger partial charge in [0.05, 0.1) is 12.8 Å². The number of nitrogens with two attached hydrogens (primary N) is 1. The molecule has 0 bridgehead atoms. The summed E-state index contributed by atoms with van der Waals surface area (Å²) in [5.74, 6) is 1.43. The lowest BCUT2D eigenvalue weighted by molar-refractivity contribution is 0.415. The quantitative estimate of drug-likeness (QED) is 0.727. The van der Waals surface area contributed by atoms with Gasteiger partial charge >= 0.3 is 0 Å². The molecule has 3 heteroatoms. The molecule has 0 aliphatic carbocycles. The minimum absolute atomic E-state index is 0.520. The van der Waals surface area contributed by atoms with Crippen LogP contribution in [0.25, 0.3) is 0 Å². The number of nitrogens with one attached hydrogen (secondary N) is 1. The average molecular weight is 222 g/mol. The van der Waals surface area contributed by atoms with E-state index in [1.165, 1.54) is 5.56 Å². The molecule has 1 aromatic rings. The zero-order valence-electron chi connectivity index (χ0n) is 10.4. The van der Waals surface area contributed by atoms with E-state index in [1.54, 1.807) is 7.11 Å². The third-order valence-electron chi connectivity index (χ3n) is 2.59. The summed E-state index contributed by atoms with van der Waals surface area (Å²) < 4.78 is 5.37. The highest BCUT2D eigenvalue weighted by atomic mass is 16.5. The molecule has 0 aromatic heterocycles. The van der Waals surface area contributed by atoms with E-state index in [-0.39, 0.29) is 0 Å².